The number of rotatable bonds is 1. The first kappa shape index (κ1) is 16.7. The molecular formula is C19H28BNO2. The molecule has 124 valence electrons. The van der Waals surface area contributed by atoms with Crippen LogP contribution in [-0.2, 0) is 15.7 Å². The number of fused-ring (bicyclic) bond motifs is 1. The first-order valence-electron chi connectivity index (χ1n) is 8.55. The first-order valence-corrected chi connectivity index (χ1v) is 8.55. The molecule has 2 aliphatic rings. The monoisotopic (exact) mass is 313 g/mol. The van der Waals surface area contributed by atoms with Crippen LogP contribution in [-0.4, -0.2) is 30.6 Å². The molecule has 2 heterocycles. The summed E-state index contributed by atoms with van der Waals surface area (Å²) in [4.78, 5) is 4.80. The fourth-order valence-electron chi connectivity index (χ4n) is 3.17. The van der Waals surface area contributed by atoms with Crippen LogP contribution in [0.3, 0.4) is 0 Å². The van der Waals surface area contributed by atoms with Crippen molar-refractivity contribution in [1.82, 2.24) is 0 Å². The Morgan fingerprint density at radius 3 is 2.22 bits per heavy atom. The lowest BCUT2D eigenvalue weighted by atomic mass is 9.74. The van der Waals surface area contributed by atoms with Crippen molar-refractivity contribution in [2.24, 2.45) is 10.4 Å². The van der Waals surface area contributed by atoms with Crippen molar-refractivity contribution in [3.8, 4) is 0 Å². The number of hydrogen-bond acceptors (Lipinski definition) is 3. The Morgan fingerprint density at radius 1 is 1.04 bits per heavy atom. The van der Waals surface area contributed by atoms with Crippen LogP contribution in [0.5, 0.6) is 0 Å². The molecule has 0 saturated carbocycles. The molecule has 0 atom stereocenters. The summed E-state index contributed by atoms with van der Waals surface area (Å²) in [7, 11) is -0.312. The summed E-state index contributed by atoms with van der Waals surface area (Å²) in [5, 5.41) is 0. The van der Waals surface area contributed by atoms with E-state index in [1.54, 1.807) is 0 Å². The zero-order valence-electron chi connectivity index (χ0n) is 15.5. The van der Waals surface area contributed by atoms with E-state index in [4.69, 9.17) is 14.3 Å². The van der Waals surface area contributed by atoms with Gasteiger partial charge in [-0.2, -0.15) is 0 Å². The Kier molecular flexibility index (Phi) is 3.77. The Bertz CT molecular complexity index is 640. The van der Waals surface area contributed by atoms with Crippen LogP contribution in [0.25, 0.3) is 0 Å². The molecule has 1 aromatic rings. The van der Waals surface area contributed by atoms with Crippen molar-refractivity contribution in [1.29, 1.82) is 0 Å². The van der Waals surface area contributed by atoms with Gasteiger partial charge in [-0.15, -0.1) is 0 Å². The molecule has 4 heteroatoms. The Labute approximate surface area is 140 Å². The Balaban J connectivity index is 1.98. The molecule has 0 radical (unpaired) electrons. The number of hydrogen-bond donors (Lipinski definition) is 0. The third kappa shape index (κ3) is 2.87. The van der Waals surface area contributed by atoms with E-state index in [1.807, 2.05) is 0 Å². The van der Waals surface area contributed by atoms with E-state index in [9.17, 15) is 0 Å². The topological polar surface area (TPSA) is 30.8 Å². The van der Waals surface area contributed by atoms with Gasteiger partial charge in [-0.3, -0.25) is 4.99 Å². The summed E-state index contributed by atoms with van der Waals surface area (Å²) in [6.07, 6.45) is 1.01. The van der Waals surface area contributed by atoms with E-state index in [0.29, 0.717) is 0 Å². The van der Waals surface area contributed by atoms with Crippen LogP contribution in [0.1, 0.15) is 59.6 Å². The van der Waals surface area contributed by atoms with Crippen LogP contribution in [0.2, 0.25) is 0 Å². The highest BCUT2D eigenvalue weighted by molar-refractivity contribution is 6.62. The van der Waals surface area contributed by atoms with E-state index in [-0.39, 0.29) is 23.7 Å². The maximum atomic E-state index is 6.20. The number of benzene rings is 1. The number of nitrogens with zero attached hydrogens (tertiary/aromatic N) is 1. The van der Waals surface area contributed by atoms with Crippen LogP contribution < -0.4 is 5.46 Å². The van der Waals surface area contributed by atoms with Crippen LogP contribution in [0.4, 0.5) is 0 Å². The minimum Gasteiger partial charge on any atom is -0.399 e. The summed E-state index contributed by atoms with van der Waals surface area (Å²) < 4.78 is 12.4. The zero-order chi connectivity index (χ0) is 17.0. The summed E-state index contributed by atoms with van der Waals surface area (Å²) in [6.45, 7) is 15.9. The smallest absolute Gasteiger partial charge is 0.399 e. The largest absolute Gasteiger partial charge is 0.494 e. The average molecular weight is 313 g/mol. The lowest BCUT2D eigenvalue weighted by Gasteiger charge is -2.32. The predicted molar refractivity (Wildman–Crippen MR) is 96.7 cm³/mol. The average Bonchev–Trinajstić information content (AvgIpc) is 2.65. The second kappa shape index (κ2) is 5.19. The standard InChI is InChI=1S/C19H28BNO2/c1-17(2,3)16-15-12-14(9-8-13(15)10-11-21-16)20-22-18(4,5)19(6,7)23-20/h8-9,12H,10-11H2,1-7H3. The first-order chi connectivity index (χ1) is 10.5. The van der Waals surface area contributed by atoms with Gasteiger partial charge < -0.3 is 9.31 Å². The molecule has 0 aliphatic carbocycles. The Hall–Kier alpha value is -1.13. The van der Waals surface area contributed by atoms with Crippen molar-refractivity contribution in [2.75, 3.05) is 6.54 Å². The van der Waals surface area contributed by atoms with Gasteiger partial charge in [0.1, 0.15) is 0 Å². The SMILES string of the molecule is CC(C)(C)C1=NCCc2ccc(B3OC(C)(C)C(C)(C)O3)cc21. The maximum absolute atomic E-state index is 6.20. The lowest BCUT2D eigenvalue weighted by molar-refractivity contribution is 0.00578. The molecule has 3 nitrogen and oxygen atoms in total. The molecule has 0 unspecified atom stereocenters. The summed E-state index contributed by atoms with van der Waals surface area (Å²) in [6, 6.07) is 6.59. The maximum Gasteiger partial charge on any atom is 0.494 e. The summed E-state index contributed by atoms with van der Waals surface area (Å²) in [5.41, 5.74) is 4.34. The molecule has 2 aliphatic heterocycles. The fourth-order valence-corrected chi connectivity index (χ4v) is 3.17. The second-order valence-electron chi connectivity index (χ2n) is 8.74. The fraction of sp³-hybridized carbons (Fsp3) is 0.632. The van der Waals surface area contributed by atoms with Gasteiger partial charge >= 0.3 is 7.12 Å². The van der Waals surface area contributed by atoms with Gasteiger partial charge in [0.2, 0.25) is 0 Å². The summed E-state index contributed by atoms with van der Waals surface area (Å²) in [5.74, 6) is 0. The molecule has 3 rings (SSSR count). The second-order valence-corrected chi connectivity index (χ2v) is 8.74. The van der Waals surface area contributed by atoms with Gasteiger partial charge in [0.15, 0.2) is 0 Å². The minimum absolute atomic E-state index is 0.0454. The molecule has 0 amide bonds. The molecule has 1 fully saturated rings. The van der Waals surface area contributed by atoms with Crippen molar-refractivity contribution in [3.63, 3.8) is 0 Å². The molecule has 0 N–H and O–H groups in total. The predicted octanol–water partition coefficient (Wildman–Crippen LogP) is 3.38. The minimum atomic E-state index is -0.312. The third-order valence-electron chi connectivity index (χ3n) is 5.28. The zero-order valence-corrected chi connectivity index (χ0v) is 15.5. The van der Waals surface area contributed by atoms with E-state index in [1.165, 1.54) is 16.8 Å². The van der Waals surface area contributed by atoms with Crippen molar-refractivity contribution < 1.29 is 9.31 Å². The van der Waals surface area contributed by atoms with Crippen LogP contribution >= 0.6 is 0 Å². The normalized spacial score (nSPS) is 22.7. The molecule has 1 aromatic carbocycles. The van der Waals surface area contributed by atoms with E-state index in [0.717, 1.165) is 18.4 Å². The van der Waals surface area contributed by atoms with Crippen molar-refractivity contribution in [2.45, 2.75) is 66.1 Å². The van der Waals surface area contributed by atoms with Crippen LogP contribution in [0, 0.1) is 5.41 Å². The quantitative estimate of drug-likeness (QED) is 0.744. The van der Waals surface area contributed by atoms with Gasteiger partial charge in [0.05, 0.1) is 11.2 Å². The third-order valence-corrected chi connectivity index (χ3v) is 5.28. The van der Waals surface area contributed by atoms with E-state index in [2.05, 4.69) is 66.7 Å². The molecular weight excluding hydrogens is 285 g/mol. The van der Waals surface area contributed by atoms with Gasteiger partial charge in [0.25, 0.3) is 0 Å². The summed E-state index contributed by atoms with van der Waals surface area (Å²) >= 11 is 0. The number of aliphatic imine (C=N–C) groups is 1. The van der Waals surface area contributed by atoms with Gasteiger partial charge in [-0.25, -0.2) is 0 Å². The van der Waals surface area contributed by atoms with Crippen LogP contribution in [0.15, 0.2) is 23.2 Å². The van der Waals surface area contributed by atoms with Gasteiger partial charge in [-0.05, 0) is 50.7 Å². The molecule has 23 heavy (non-hydrogen) atoms. The highest BCUT2D eigenvalue weighted by Gasteiger charge is 2.51. The highest BCUT2D eigenvalue weighted by atomic mass is 16.7. The van der Waals surface area contributed by atoms with Crippen molar-refractivity contribution in [3.05, 3.63) is 29.3 Å². The van der Waals surface area contributed by atoms with E-state index >= 15 is 0 Å². The molecule has 1 saturated heterocycles. The van der Waals surface area contributed by atoms with Crippen molar-refractivity contribution >= 4 is 18.3 Å². The molecule has 0 aromatic heterocycles. The molecule has 0 bridgehead atoms. The highest BCUT2D eigenvalue weighted by Crippen LogP contribution is 2.37. The Morgan fingerprint density at radius 2 is 1.65 bits per heavy atom. The van der Waals surface area contributed by atoms with E-state index < -0.39 is 0 Å². The molecule has 0 spiro atoms. The van der Waals surface area contributed by atoms with Gasteiger partial charge in [0, 0.05) is 17.7 Å². The lowest BCUT2D eigenvalue weighted by Crippen LogP contribution is -2.41. The van der Waals surface area contributed by atoms with Gasteiger partial charge in [-0.1, -0.05) is 39.0 Å².